The number of hydrogen-bond donors (Lipinski definition) is 1. The van der Waals surface area contributed by atoms with Crippen LogP contribution in [0.2, 0.25) is 0 Å². The van der Waals surface area contributed by atoms with Gasteiger partial charge in [0.15, 0.2) is 0 Å². The SMILES string of the molecule is CC(CNC1CCCC1)N1CCC2CCCCC21. The van der Waals surface area contributed by atoms with Gasteiger partial charge in [0.2, 0.25) is 0 Å². The van der Waals surface area contributed by atoms with Gasteiger partial charge in [-0.15, -0.1) is 0 Å². The van der Waals surface area contributed by atoms with Gasteiger partial charge in [0.05, 0.1) is 0 Å². The number of hydrogen-bond acceptors (Lipinski definition) is 2. The lowest BCUT2D eigenvalue weighted by atomic mass is 9.85. The molecule has 1 heterocycles. The highest BCUT2D eigenvalue weighted by Gasteiger charge is 2.37. The number of fused-ring (bicyclic) bond motifs is 1. The Morgan fingerprint density at radius 3 is 2.56 bits per heavy atom. The first-order valence-electron chi connectivity index (χ1n) is 8.34. The van der Waals surface area contributed by atoms with E-state index in [1.807, 2.05) is 0 Å². The molecule has 0 aromatic carbocycles. The fourth-order valence-electron chi connectivity index (χ4n) is 4.57. The number of rotatable bonds is 4. The van der Waals surface area contributed by atoms with Gasteiger partial charge in [-0.25, -0.2) is 0 Å². The van der Waals surface area contributed by atoms with Crippen molar-refractivity contribution in [3.8, 4) is 0 Å². The van der Waals surface area contributed by atoms with Crippen LogP contribution in [-0.2, 0) is 0 Å². The van der Waals surface area contributed by atoms with E-state index in [2.05, 4.69) is 17.1 Å². The minimum absolute atomic E-state index is 0.749. The highest BCUT2D eigenvalue weighted by atomic mass is 15.2. The van der Waals surface area contributed by atoms with E-state index >= 15 is 0 Å². The first-order valence-corrected chi connectivity index (χ1v) is 8.34. The molecule has 3 aliphatic rings. The summed E-state index contributed by atoms with van der Waals surface area (Å²) in [5.74, 6) is 1.03. The van der Waals surface area contributed by atoms with Crippen molar-refractivity contribution in [3.63, 3.8) is 0 Å². The van der Waals surface area contributed by atoms with Crippen molar-refractivity contribution >= 4 is 0 Å². The molecule has 3 unspecified atom stereocenters. The summed E-state index contributed by atoms with van der Waals surface area (Å²) >= 11 is 0. The van der Waals surface area contributed by atoms with Gasteiger partial charge in [0, 0.05) is 24.7 Å². The van der Waals surface area contributed by atoms with Gasteiger partial charge in [-0.2, -0.15) is 0 Å². The first kappa shape index (κ1) is 12.9. The Labute approximate surface area is 113 Å². The molecule has 0 radical (unpaired) electrons. The maximum absolute atomic E-state index is 3.81. The smallest absolute Gasteiger partial charge is 0.0195 e. The van der Waals surface area contributed by atoms with E-state index in [4.69, 9.17) is 0 Å². The Kier molecular flexibility index (Phi) is 4.25. The number of nitrogens with zero attached hydrogens (tertiary/aromatic N) is 1. The van der Waals surface area contributed by atoms with Gasteiger partial charge in [-0.05, 0) is 51.5 Å². The zero-order valence-electron chi connectivity index (χ0n) is 12.0. The van der Waals surface area contributed by atoms with E-state index in [0.717, 1.165) is 24.0 Å². The Morgan fingerprint density at radius 2 is 1.72 bits per heavy atom. The van der Waals surface area contributed by atoms with Gasteiger partial charge in [0.1, 0.15) is 0 Å². The molecule has 3 fully saturated rings. The second kappa shape index (κ2) is 5.92. The van der Waals surface area contributed by atoms with Crippen LogP contribution in [0.1, 0.15) is 64.7 Å². The standard InChI is InChI=1S/C16H30N2/c1-13(12-17-15-7-3-4-8-15)18-11-10-14-6-2-5-9-16(14)18/h13-17H,2-12H2,1H3. The molecule has 0 amide bonds. The van der Waals surface area contributed by atoms with Crippen molar-refractivity contribution < 1.29 is 0 Å². The van der Waals surface area contributed by atoms with Crippen molar-refractivity contribution in [2.75, 3.05) is 13.1 Å². The summed E-state index contributed by atoms with van der Waals surface area (Å²) in [6.45, 7) is 5.02. The molecule has 104 valence electrons. The third-order valence-electron chi connectivity index (χ3n) is 5.68. The predicted octanol–water partition coefficient (Wildman–Crippen LogP) is 3.17. The Balaban J connectivity index is 1.47. The van der Waals surface area contributed by atoms with E-state index in [1.165, 1.54) is 70.9 Å². The molecule has 1 N–H and O–H groups in total. The molecule has 18 heavy (non-hydrogen) atoms. The lowest BCUT2D eigenvalue weighted by Crippen LogP contribution is -2.46. The summed E-state index contributed by atoms with van der Waals surface area (Å²) in [6, 6.07) is 2.51. The summed E-state index contributed by atoms with van der Waals surface area (Å²) in [5.41, 5.74) is 0. The molecule has 3 rings (SSSR count). The lowest BCUT2D eigenvalue weighted by Gasteiger charge is -2.36. The van der Waals surface area contributed by atoms with Crippen LogP contribution in [0.3, 0.4) is 0 Å². The van der Waals surface area contributed by atoms with Gasteiger partial charge in [-0.1, -0.05) is 25.7 Å². The molecule has 2 aliphatic carbocycles. The van der Waals surface area contributed by atoms with Gasteiger partial charge < -0.3 is 5.32 Å². The van der Waals surface area contributed by atoms with Gasteiger partial charge in [0.25, 0.3) is 0 Å². The Hall–Kier alpha value is -0.0800. The minimum Gasteiger partial charge on any atom is -0.312 e. The Morgan fingerprint density at radius 1 is 1.00 bits per heavy atom. The minimum atomic E-state index is 0.749. The third-order valence-corrected chi connectivity index (χ3v) is 5.68. The topological polar surface area (TPSA) is 15.3 Å². The third kappa shape index (κ3) is 2.75. The van der Waals surface area contributed by atoms with Crippen LogP contribution in [0, 0.1) is 5.92 Å². The van der Waals surface area contributed by atoms with E-state index in [1.54, 1.807) is 0 Å². The molecular formula is C16H30N2. The molecule has 0 bridgehead atoms. The van der Waals surface area contributed by atoms with E-state index in [9.17, 15) is 0 Å². The van der Waals surface area contributed by atoms with Crippen LogP contribution in [0.5, 0.6) is 0 Å². The van der Waals surface area contributed by atoms with E-state index in [-0.39, 0.29) is 0 Å². The number of nitrogens with one attached hydrogen (secondary N) is 1. The van der Waals surface area contributed by atoms with Crippen molar-refractivity contribution in [3.05, 3.63) is 0 Å². The molecule has 2 saturated carbocycles. The van der Waals surface area contributed by atoms with Gasteiger partial charge in [-0.3, -0.25) is 4.90 Å². The summed E-state index contributed by atoms with van der Waals surface area (Å²) in [5, 5.41) is 3.81. The van der Waals surface area contributed by atoms with Crippen LogP contribution >= 0.6 is 0 Å². The second-order valence-corrected chi connectivity index (χ2v) is 6.88. The molecule has 2 nitrogen and oxygen atoms in total. The molecule has 1 saturated heterocycles. The van der Waals surface area contributed by atoms with Crippen molar-refractivity contribution in [2.45, 2.75) is 82.8 Å². The molecule has 2 heteroatoms. The average molecular weight is 250 g/mol. The normalized spacial score (nSPS) is 35.8. The largest absolute Gasteiger partial charge is 0.312 e. The summed E-state index contributed by atoms with van der Waals surface area (Å²) in [7, 11) is 0. The van der Waals surface area contributed by atoms with E-state index < -0.39 is 0 Å². The zero-order valence-corrected chi connectivity index (χ0v) is 12.0. The first-order chi connectivity index (χ1) is 8.84. The van der Waals surface area contributed by atoms with E-state index in [0.29, 0.717) is 0 Å². The fourth-order valence-corrected chi connectivity index (χ4v) is 4.57. The maximum atomic E-state index is 3.81. The fraction of sp³-hybridized carbons (Fsp3) is 1.00. The van der Waals surface area contributed by atoms with Crippen molar-refractivity contribution in [1.29, 1.82) is 0 Å². The number of likely N-dealkylation sites (tertiary alicyclic amines) is 1. The molecule has 0 spiro atoms. The van der Waals surface area contributed by atoms with Gasteiger partial charge >= 0.3 is 0 Å². The lowest BCUT2D eigenvalue weighted by molar-refractivity contribution is 0.137. The maximum Gasteiger partial charge on any atom is 0.0195 e. The van der Waals surface area contributed by atoms with Crippen LogP contribution in [0.25, 0.3) is 0 Å². The van der Waals surface area contributed by atoms with Crippen molar-refractivity contribution in [1.82, 2.24) is 10.2 Å². The zero-order chi connectivity index (χ0) is 12.4. The molecule has 0 aromatic rings. The van der Waals surface area contributed by atoms with Crippen LogP contribution < -0.4 is 5.32 Å². The van der Waals surface area contributed by atoms with Crippen molar-refractivity contribution in [2.24, 2.45) is 5.92 Å². The highest BCUT2D eigenvalue weighted by Crippen LogP contribution is 2.37. The average Bonchev–Trinajstić information content (AvgIpc) is 3.05. The molecule has 0 aromatic heterocycles. The van der Waals surface area contributed by atoms with Crippen LogP contribution in [-0.4, -0.2) is 36.1 Å². The van der Waals surface area contributed by atoms with Crippen LogP contribution in [0.15, 0.2) is 0 Å². The molecule has 3 atom stereocenters. The highest BCUT2D eigenvalue weighted by molar-refractivity contribution is 4.92. The molecule has 1 aliphatic heterocycles. The molecular weight excluding hydrogens is 220 g/mol. The monoisotopic (exact) mass is 250 g/mol. The summed E-state index contributed by atoms with van der Waals surface area (Å²) < 4.78 is 0. The van der Waals surface area contributed by atoms with Crippen LogP contribution in [0.4, 0.5) is 0 Å². The summed E-state index contributed by atoms with van der Waals surface area (Å²) in [6.07, 6.45) is 13.1. The summed E-state index contributed by atoms with van der Waals surface area (Å²) in [4.78, 5) is 2.83. The Bertz CT molecular complexity index is 260. The second-order valence-electron chi connectivity index (χ2n) is 6.88. The quantitative estimate of drug-likeness (QED) is 0.824. The predicted molar refractivity (Wildman–Crippen MR) is 76.8 cm³/mol.